The monoisotopic (exact) mass is 654 g/mol. The van der Waals surface area contributed by atoms with Gasteiger partial charge in [0, 0.05) is 38.2 Å². The summed E-state index contributed by atoms with van der Waals surface area (Å²) < 4.78 is 12.4. The van der Waals surface area contributed by atoms with Gasteiger partial charge in [0.25, 0.3) is 0 Å². The Morgan fingerprint density at radius 3 is 2.31 bits per heavy atom. The zero-order valence-electron chi connectivity index (χ0n) is 22.3. The summed E-state index contributed by atoms with van der Waals surface area (Å²) in [5.74, 6) is 1.12. The highest BCUT2D eigenvalue weighted by atomic mass is 127. The van der Waals surface area contributed by atoms with E-state index in [1.165, 1.54) is 4.90 Å². The van der Waals surface area contributed by atoms with Crippen LogP contribution >= 0.6 is 40.1 Å². The summed E-state index contributed by atoms with van der Waals surface area (Å²) in [6, 6.07) is 7.43. The molecule has 2 aromatic rings. The van der Waals surface area contributed by atoms with Gasteiger partial charge in [-0.1, -0.05) is 37.6 Å². The van der Waals surface area contributed by atoms with Crippen molar-refractivity contribution >= 4 is 58.6 Å². The minimum Gasteiger partial charge on any atom is -0.382 e. The van der Waals surface area contributed by atoms with Crippen LogP contribution in [0.1, 0.15) is 55.5 Å². The second-order valence-corrected chi connectivity index (χ2v) is 9.87. The molecule has 0 saturated heterocycles. The molecular weight excluding hydrogens is 614 g/mol. The van der Waals surface area contributed by atoms with Gasteiger partial charge in [-0.3, -0.25) is 9.59 Å². The SMILES string of the molecule is CC.CCOCCCc1nc(N(C)C=O)c(C=O)n1Cc1ccc(Cl)cc1.CN(C)CCCOPI. The number of amides is 1. The quantitative estimate of drug-likeness (QED) is 0.103. The molecule has 0 aliphatic heterocycles. The molecule has 0 spiro atoms. The van der Waals surface area contributed by atoms with Crippen molar-refractivity contribution in [3.05, 3.63) is 46.4 Å². The molecule has 11 heteroatoms. The Labute approximate surface area is 236 Å². The highest BCUT2D eigenvalue weighted by Gasteiger charge is 2.19. The van der Waals surface area contributed by atoms with Gasteiger partial charge < -0.3 is 23.6 Å². The molecule has 1 unspecified atom stereocenters. The van der Waals surface area contributed by atoms with Crippen LogP contribution < -0.4 is 4.90 Å². The molecular formula is C25H41ClIN4O4P. The fraction of sp³-hybridized carbons (Fsp3) is 0.560. The van der Waals surface area contributed by atoms with Crippen molar-refractivity contribution in [1.82, 2.24) is 14.5 Å². The Bertz CT molecular complexity index is 853. The Balaban J connectivity index is 0.000000941. The first kappa shape index (κ1) is 34.9. The summed E-state index contributed by atoms with van der Waals surface area (Å²) in [4.78, 5) is 30.8. The van der Waals surface area contributed by atoms with Crippen LogP contribution in [0.15, 0.2) is 24.3 Å². The van der Waals surface area contributed by atoms with Gasteiger partial charge in [0.05, 0.1) is 13.1 Å². The number of aryl methyl sites for hydroxylation is 1. The van der Waals surface area contributed by atoms with E-state index < -0.39 is 0 Å². The maximum absolute atomic E-state index is 11.7. The van der Waals surface area contributed by atoms with Crippen LogP contribution in [0.5, 0.6) is 0 Å². The first-order chi connectivity index (χ1) is 17.4. The molecule has 2 rings (SSSR count). The van der Waals surface area contributed by atoms with Crippen molar-refractivity contribution in [2.24, 2.45) is 0 Å². The number of carbonyl (C=O) groups excluding carboxylic acids is 2. The van der Waals surface area contributed by atoms with E-state index in [4.69, 9.17) is 20.9 Å². The van der Waals surface area contributed by atoms with Crippen molar-refractivity contribution in [2.45, 2.75) is 46.6 Å². The first-order valence-electron chi connectivity index (χ1n) is 12.0. The number of nitrogens with zero attached hydrogens (tertiary/aromatic N) is 4. The molecule has 1 aromatic carbocycles. The zero-order chi connectivity index (χ0) is 27.3. The lowest BCUT2D eigenvalue weighted by Gasteiger charge is -2.11. The molecule has 36 heavy (non-hydrogen) atoms. The van der Waals surface area contributed by atoms with Gasteiger partial charge >= 0.3 is 0 Å². The lowest BCUT2D eigenvalue weighted by atomic mass is 10.2. The van der Waals surface area contributed by atoms with E-state index in [0.717, 1.165) is 43.7 Å². The van der Waals surface area contributed by atoms with E-state index in [9.17, 15) is 9.59 Å². The largest absolute Gasteiger partial charge is 0.382 e. The van der Waals surface area contributed by atoms with Crippen molar-refractivity contribution in [2.75, 3.05) is 52.4 Å². The predicted molar refractivity (Wildman–Crippen MR) is 160 cm³/mol. The van der Waals surface area contributed by atoms with Crippen LogP contribution in [0.25, 0.3) is 0 Å². The van der Waals surface area contributed by atoms with E-state index in [2.05, 4.69) is 46.0 Å². The van der Waals surface area contributed by atoms with Gasteiger partial charge in [0.1, 0.15) is 11.5 Å². The molecule has 1 aromatic heterocycles. The summed E-state index contributed by atoms with van der Waals surface area (Å²) in [5, 5.41) is 0.656. The second kappa shape index (κ2) is 21.9. The maximum Gasteiger partial charge on any atom is 0.215 e. The molecule has 204 valence electrons. The highest BCUT2D eigenvalue weighted by Crippen LogP contribution is 2.22. The number of anilines is 1. The lowest BCUT2D eigenvalue weighted by molar-refractivity contribution is -0.107. The zero-order valence-corrected chi connectivity index (χ0v) is 26.2. The van der Waals surface area contributed by atoms with Crippen LogP contribution in [0.2, 0.25) is 5.02 Å². The molecule has 8 nitrogen and oxygen atoms in total. The van der Waals surface area contributed by atoms with Crippen LogP contribution in [-0.4, -0.2) is 74.7 Å². The molecule has 0 N–H and O–H groups in total. The molecule has 0 bridgehead atoms. The fourth-order valence-corrected chi connectivity index (χ4v) is 4.04. The summed E-state index contributed by atoms with van der Waals surface area (Å²) in [7, 11) is 5.73. The number of ether oxygens (including phenoxy) is 1. The standard InChI is InChI=1S/C18H22ClN3O3.C5H13INOP.C2H6/c1-3-25-10-4-5-17-20-18(21(2)13-24)16(12-23)22(17)11-14-6-8-15(19)9-7-14;1-7(2)4-3-5-8-9-6;1-2/h6-9,12-13H,3-5,10-11H2,1-2H3;9H,3-5H2,1-2H3;1-2H3. The second-order valence-electron chi connectivity index (χ2n) is 7.67. The Morgan fingerprint density at radius 1 is 1.11 bits per heavy atom. The summed E-state index contributed by atoms with van der Waals surface area (Å²) in [5.41, 5.74) is 1.38. The van der Waals surface area contributed by atoms with Crippen molar-refractivity contribution in [3.63, 3.8) is 0 Å². The smallest absolute Gasteiger partial charge is 0.215 e. The van der Waals surface area contributed by atoms with Crippen molar-refractivity contribution in [3.8, 4) is 0 Å². The number of rotatable bonds is 15. The van der Waals surface area contributed by atoms with Crippen molar-refractivity contribution < 1.29 is 18.8 Å². The molecule has 1 amide bonds. The number of carbonyl (C=O) groups is 2. The Hall–Kier alpha value is -1.10. The molecule has 0 saturated carbocycles. The molecule has 0 aliphatic rings. The van der Waals surface area contributed by atoms with Gasteiger partial charge in [-0.15, -0.1) is 0 Å². The third-order valence-electron chi connectivity index (χ3n) is 4.72. The van der Waals surface area contributed by atoms with Gasteiger partial charge in [-0.25, -0.2) is 4.98 Å². The number of aromatic nitrogens is 2. The van der Waals surface area contributed by atoms with E-state index >= 15 is 0 Å². The Kier molecular flexibility index (Phi) is 21.3. The number of benzene rings is 1. The minimum atomic E-state index is 0.366. The highest BCUT2D eigenvalue weighted by molar-refractivity contribution is 14.2. The summed E-state index contributed by atoms with van der Waals surface area (Å²) in [6.07, 6.45) is 3.97. The van der Waals surface area contributed by atoms with Crippen LogP contribution in [0.3, 0.4) is 0 Å². The Morgan fingerprint density at radius 2 is 1.78 bits per heavy atom. The maximum atomic E-state index is 11.7. The average molecular weight is 655 g/mol. The molecule has 0 fully saturated rings. The van der Waals surface area contributed by atoms with Gasteiger partial charge in [0.2, 0.25) is 6.41 Å². The predicted octanol–water partition coefficient (Wildman–Crippen LogP) is 5.88. The first-order valence-corrected chi connectivity index (χ1v) is 16.4. The minimum absolute atomic E-state index is 0.366. The topological polar surface area (TPSA) is 76.9 Å². The molecule has 0 radical (unpaired) electrons. The van der Waals surface area contributed by atoms with Gasteiger partial charge in [-0.05, 0) is 80.1 Å². The van der Waals surface area contributed by atoms with Crippen LogP contribution in [0, 0.1) is 0 Å². The van der Waals surface area contributed by atoms with E-state index in [-0.39, 0.29) is 0 Å². The normalized spacial score (nSPS) is 10.6. The van der Waals surface area contributed by atoms with Crippen molar-refractivity contribution in [1.29, 1.82) is 0 Å². The number of imidazole rings is 1. The van der Waals surface area contributed by atoms with E-state index in [1.807, 2.05) is 49.6 Å². The van der Waals surface area contributed by atoms with Crippen LogP contribution in [0.4, 0.5) is 5.82 Å². The number of halogens is 2. The molecule has 1 heterocycles. The number of hydrogen-bond donors (Lipinski definition) is 0. The van der Waals surface area contributed by atoms with E-state index in [1.54, 1.807) is 7.05 Å². The fourth-order valence-electron chi connectivity index (χ4n) is 3.03. The summed E-state index contributed by atoms with van der Waals surface area (Å²) >= 11 is 8.17. The van der Waals surface area contributed by atoms with E-state index in [0.29, 0.717) is 55.6 Å². The average Bonchev–Trinajstić information content (AvgIpc) is 3.23. The van der Waals surface area contributed by atoms with Gasteiger partial charge in [-0.2, -0.15) is 0 Å². The lowest BCUT2D eigenvalue weighted by Crippen LogP contribution is -2.16. The molecule has 0 aliphatic carbocycles. The third-order valence-corrected chi connectivity index (χ3v) is 6.22. The summed E-state index contributed by atoms with van der Waals surface area (Å²) in [6.45, 7) is 10.4. The number of aldehydes is 1. The van der Waals surface area contributed by atoms with Gasteiger partial charge in [0.15, 0.2) is 12.1 Å². The number of hydrogen-bond acceptors (Lipinski definition) is 6. The van der Waals surface area contributed by atoms with Crippen LogP contribution in [-0.2, 0) is 27.0 Å². The third kappa shape index (κ3) is 14.0. The molecule has 1 atom stereocenters.